The SMILES string of the molecule is CC(N)C(CO)N1CCC(Cc2ccccc2)CC1. The molecule has 0 aromatic heterocycles. The van der Waals surface area contributed by atoms with Crippen molar-refractivity contribution in [1.29, 1.82) is 0 Å². The molecule has 3 heteroatoms. The molecule has 1 saturated heterocycles. The Labute approximate surface area is 116 Å². The molecular weight excluding hydrogens is 236 g/mol. The molecule has 0 bridgehead atoms. The first-order valence-electron chi connectivity index (χ1n) is 7.35. The van der Waals surface area contributed by atoms with Gasteiger partial charge >= 0.3 is 0 Å². The summed E-state index contributed by atoms with van der Waals surface area (Å²) in [4.78, 5) is 2.35. The minimum Gasteiger partial charge on any atom is -0.395 e. The van der Waals surface area contributed by atoms with Crippen molar-refractivity contribution in [1.82, 2.24) is 4.90 Å². The van der Waals surface area contributed by atoms with Crippen molar-refractivity contribution < 1.29 is 5.11 Å². The highest BCUT2D eigenvalue weighted by atomic mass is 16.3. The molecule has 1 aromatic carbocycles. The van der Waals surface area contributed by atoms with Crippen LogP contribution in [0.5, 0.6) is 0 Å². The molecule has 1 aliphatic heterocycles. The summed E-state index contributed by atoms with van der Waals surface area (Å²) in [5.74, 6) is 0.770. The number of rotatable bonds is 5. The Morgan fingerprint density at radius 2 is 1.89 bits per heavy atom. The fourth-order valence-electron chi connectivity index (χ4n) is 3.05. The van der Waals surface area contributed by atoms with E-state index in [0.717, 1.165) is 19.0 Å². The minimum absolute atomic E-state index is 0.0377. The Bertz CT molecular complexity index is 358. The van der Waals surface area contributed by atoms with Crippen molar-refractivity contribution in [3.05, 3.63) is 35.9 Å². The number of nitrogens with two attached hydrogens (primary N) is 1. The third-order valence-corrected chi connectivity index (χ3v) is 4.28. The van der Waals surface area contributed by atoms with Gasteiger partial charge in [-0.1, -0.05) is 30.3 Å². The van der Waals surface area contributed by atoms with Gasteiger partial charge in [0.05, 0.1) is 6.61 Å². The first kappa shape index (κ1) is 14.5. The van der Waals surface area contributed by atoms with Crippen LogP contribution < -0.4 is 5.73 Å². The van der Waals surface area contributed by atoms with E-state index in [2.05, 4.69) is 35.2 Å². The highest BCUT2D eigenvalue weighted by Gasteiger charge is 2.26. The van der Waals surface area contributed by atoms with Gasteiger partial charge in [-0.2, -0.15) is 0 Å². The van der Waals surface area contributed by atoms with E-state index in [1.807, 2.05) is 6.92 Å². The second-order valence-corrected chi connectivity index (χ2v) is 5.78. The zero-order chi connectivity index (χ0) is 13.7. The molecule has 0 radical (unpaired) electrons. The number of nitrogens with zero attached hydrogens (tertiary/aromatic N) is 1. The number of piperidine rings is 1. The first-order chi connectivity index (χ1) is 9.20. The van der Waals surface area contributed by atoms with Crippen LogP contribution in [0.2, 0.25) is 0 Å². The van der Waals surface area contributed by atoms with E-state index in [4.69, 9.17) is 5.73 Å². The Hall–Kier alpha value is -0.900. The Kier molecular flexibility index (Phi) is 5.37. The van der Waals surface area contributed by atoms with Crippen molar-refractivity contribution in [2.75, 3.05) is 19.7 Å². The molecule has 1 heterocycles. The third-order valence-electron chi connectivity index (χ3n) is 4.28. The molecule has 0 amide bonds. The van der Waals surface area contributed by atoms with Crippen LogP contribution in [0, 0.1) is 5.92 Å². The molecule has 0 saturated carbocycles. The molecule has 106 valence electrons. The number of aliphatic hydroxyl groups excluding tert-OH is 1. The fraction of sp³-hybridized carbons (Fsp3) is 0.625. The van der Waals surface area contributed by atoms with Crippen molar-refractivity contribution in [2.24, 2.45) is 11.7 Å². The monoisotopic (exact) mass is 262 g/mol. The van der Waals surface area contributed by atoms with E-state index in [0.29, 0.717) is 0 Å². The lowest BCUT2D eigenvalue weighted by molar-refractivity contribution is 0.0748. The van der Waals surface area contributed by atoms with Crippen molar-refractivity contribution in [2.45, 2.75) is 38.3 Å². The largest absolute Gasteiger partial charge is 0.395 e. The molecule has 0 aliphatic carbocycles. The lowest BCUT2D eigenvalue weighted by Crippen LogP contribution is -2.51. The normalized spacial score (nSPS) is 21.2. The fourth-order valence-corrected chi connectivity index (χ4v) is 3.05. The van der Waals surface area contributed by atoms with E-state index >= 15 is 0 Å². The Morgan fingerprint density at radius 1 is 1.26 bits per heavy atom. The highest BCUT2D eigenvalue weighted by molar-refractivity contribution is 5.15. The molecule has 1 fully saturated rings. The lowest BCUT2D eigenvalue weighted by Gasteiger charge is -2.38. The second-order valence-electron chi connectivity index (χ2n) is 5.78. The van der Waals surface area contributed by atoms with E-state index in [1.165, 1.54) is 24.8 Å². The number of benzene rings is 1. The summed E-state index contributed by atoms with van der Waals surface area (Å²) < 4.78 is 0. The first-order valence-corrected chi connectivity index (χ1v) is 7.35. The summed E-state index contributed by atoms with van der Waals surface area (Å²) in [5.41, 5.74) is 7.37. The predicted molar refractivity (Wildman–Crippen MR) is 79.0 cm³/mol. The standard InChI is InChI=1S/C16H26N2O/c1-13(17)16(12-19)18-9-7-15(8-10-18)11-14-5-3-2-4-6-14/h2-6,13,15-16,19H,7-12,17H2,1H3. The Balaban J connectivity index is 1.82. The molecule has 2 unspecified atom stereocenters. The Morgan fingerprint density at radius 3 is 2.42 bits per heavy atom. The van der Waals surface area contributed by atoms with E-state index < -0.39 is 0 Å². The smallest absolute Gasteiger partial charge is 0.0601 e. The number of hydrogen-bond acceptors (Lipinski definition) is 3. The molecule has 1 aromatic rings. The molecule has 2 rings (SSSR count). The van der Waals surface area contributed by atoms with Gasteiger partial charge in [0, 0.05) is 12.1 Å². The van der Waals surface area contributed by atoms with E-state index in [1.54, 1.807) is 0 Å². The maximum Gasteiger partial charge on any atom is 0.0601 e. The maximum atomic E-state index is 9.43. The van der Waals surface area contributed by atoms with E-state index in [-0.39, 0.29) is 18.7 Å². The molecule has 3 N–H and O–H groups in total. The van der Waals surface area contributed by atoms with Crippen LogP contribution in [0.4, 0.5) is 0 Å². The summed E-state index contributed by atoms with van der Waals surface area (Å²) in [7, 11) is 0. The van der Waals surface area contributed by atoms with Gasteiger partial charge in [-0.25, -0.2) is 0 Å². The minimum atomic E-state index is 0.0377. The summed E-state index contributed by atoms with van der Waals surface area (Å²) in [6, 6.07) is 10.9. The van der Waals surface area contributed by atoms with Crippen LogP contribution in [-0.2, 0) is 6.42 Å². The van der Waals surface area contributed by atoms with Crippen LogP contribution in [0.3, 0.4) is 0 Å². The molecule has 2 atom stereocenters. The van der Waals surface area contributed by atoms with E-state index in [9.17, 15) is 5.11 Å². The van der Waals surface area contributed by atoms with Crippen LogP contribution in [-0.4, -0.2) is 41.8 Å². The van der Waals surface area contributed by atoms with Crippen molar-refractivity contribution in [3.63, 3.8) is 0 Å². The topological polar surface area (TPSA) is 49.5 Å². The van der Waals surface area contributed by atoms with Gasteiger partial charge in [0.15, 0.2) is 0 Å². The second kappa shape index (κ2) is 7.04. The van der Waals surface area contributed by atoms with Gasteiger partial charge in [0.1, 0.15) is 0 Å². The maximum absolute atomic E-state index is 9.43. The van der Waals surface area contributed by atoms with Gasteiger partial charge in [-0.05, 0) is 50.8 Å². The summed E-state index contributed by atoms with van der Waals surface area (Å²) in [6.45, 7) is 4.27. The van der Waals surface area contributed by atoms with Gasteiger partial charge < -0.3 is 10.8 Å². The molecular formula is C16H26N2O. The molecule has 3 nitrogen and oxygen atoms in total. The highest BCUT2D eigenvalue weighted by Crippen LogP contribution is 2.23. The quantitative estimate of drug-likeness (QED) is 0.848. The van der Waals surface area contributed by atoms with Gasteiger partial charge in [-0.15, -0.1) is 0 Å². The van der Waals surface area contributed by atoms with Crippen molar-refractivity contribution in [3.8, 4) is 0 Å². The van der Waals surface area contributed by atoms with Gasteiger partial charge in [-0.3, -0.25) is 4.90 Å². The molecule has 1 aliphatic rings. The van der Waals surface area contributed by atoms with Crippen LogP contribution >= 0.6 is 0 Å². The zero-order valence-electron chi connectivity index (χ0n) is 11.8. The number of likely N-dealkylation sites (tertiary alicyclic amines) is 1. The zero-order valence-corrected chi connectivity index (χ0v) is 11.8. The number of hydrogen-bond donors (Lipinski definition) is 2. The average Bonchev–Trinajstić information content (AvgIpc) is 2.42. The summed E-state index contributed by atoms with van der Waals surface area (Å²) in [6.07, 6.45) is 3.59. The predicted octanol–water partition coefficient (Wildman–Crippen LogP) is 1.65. The van der Waals surface area contributed by atoms with Crippen LogP contribution in [0.15, 0.2) is 30.3 Å². The molecule has 0 spiro atoms. The van der Waals surface area contributed by atoms with Gasteiger partial charge in [0.2, 0.25) is 0 Å². The van der Waals surface area contributed by atoms with Crippen molar-refractivity contribution >= 4 is 0 Å². The number of aliphatic hydroxyl groups is 1. The summed E-state index contributed by atoms with van der Waals surface area (Å²) in [5, 5.41) is 9.43. The van der Waals surface area contributed by atoms with Crippen LogP contribution in [0.25, 0.3) is 0 Å². The lowest BCUT2D eigenvalue weighted by atomic mass is 9.89. The average molecular weight is 262 g/mol. The molecule has 19 heavy (non-hydrogen) atoms. The van der Waals surface area contributed by atoms with Crippen LogP contribution in [0.1, 0.15) is 25.3 Å². The summed E-state index contributed by atoms with van der Waals surface area (Å²) >= 11 is 0. The third kappa shape index (κ3) is 4.03. The van der Waals surface area contributed by atoms with Gasteiger partial charge in [0.25, 0.3) is 0 Å².